The zero-order valence-electron chi connectivity index (χ0n) is 6.02. The molecule has 3 N–H and O–H groups in total. The Morgan fingerprint density at radius 3 is 3.09 bits per heavy atom. The second kappa shape index (κ2) is 3.34. The highest BCUT2D eigenvalue weighted by Gasteiger charge is 2.24. The van der Waals surface area contributed by atoms with Gasteiger partial charge in [-0.05, 0) is 0 Å². The second-order valence-corrected chi connectivity index (χ2v) is 4.97. The van der Waals surface area contributed by atoms with Crippen molar-refractivity contribution in [3.8, 4) is 0 Å². The molecule has 1 saturated heterocycles. The largest absolute Gasteiger partial charge is 0.461 e. The Morgan fingerprint density at radius 1 is 1.64 bits per heavy atom. The molecule has 6 heteroatoms. The van der Waals surface area contributed by atoms with Crippen LogP contribution in [-0.2, 0) is 14.1 Å². The number of ether oxygens (including phenoxy) is 1. The van der Waals surface area contributed by atoms with E-state index in [-0.39, 0.29) is 31.6 Å². The van der Waals surface area contributed by atoms with Crippen LogP contribution in [-0.4, -0.2) is 36.5 Å². The van der Waals surface area contributed by atoms with Crippen LogP contribution in [0.25, 0.3) is 0 Å². The Bertz CT molecular complexity index is 189. The quantitative estimate of drug-likeness (QED) is 0.345. The van der Waals surface area contributed by atoms with Gasteiger partial charge in [0.1, 0.15) is 6.61 Å². The fraction of sp³-hybridized carbons (Fsp3) is 0.800. The van der Waals surface area contributed by atoms with Gasteiger partial charge in [0, 0.05) is 0 Å². The predicted molar refractivity (Wildman–Crippen MR) is 37.3 cm³/mol. The van der Waals surface area contributed by atoms with Gasteiger partial charge in [0.15, 0.2) is 12.8 Å². The van der Waals surface area contributed by atoms with Crippen molar-refractivity contribution in [2.75, 3.05) is 25.6 Å². The minimum atomic E-state index is -3.02. The SMILES string of the molecule is O=C1C[NH2+]CP(=O)(O)CCO1. The van der Waals surface area contributed by atoms with Crippen molar-refractivity contribution < 1.29 is 24.3 Å². The Kier molecular flexibility index (Phi) is 2.65. The van der Waals surface area contributed by atoms with E-state index >= 15 is 0 Å². The monoisotopic (exact) mass is 180 g/mol. The summed E-state index contributed by atoms with van der Waals surface area (Å²) in [5, 5.41) is 1.50. The molecule has 1 unspecified atom stereocenters. The molecule has 1 aliphatic heterocycles. The Hall–Kier alpha value is -0.380. The first kappa shape index (κ1) is 8.71. The maximum Gasteiger partial charge on any atom is 0.361 e. The summed E-state index contributed by atoms with van der Waals surface area (Å²) in [5.74, 6) is -0.315. The summed E-state index contributed by atoms with van der Waals surface area (Å²) in [6, 6.07) is 0. The Labute approximate surface area is 64.2 Å². The van der Waals surface area contributed by atoms with Gasteiger partial charge in [0.05, 0.1) is 6.16 Å². The normalized spacial score (nSPS) is 33.7. The van der Waals surface area contributed by atoms with Crippen molar-refractivity contribution in [2.45, 2.75) is 0 Å². The van der Waals surface area contributed by atoms with Crippen LogP contribution in [0.3, 0.4) is 0 Å². The third-order valence-corrected chi connectivity index (χ3v) is 3.14. The lowest BCUT2D eigenvalue weighted by atomic mass is 10.6. The molecule has 0 bridgehead atoms. The fourth-order valence-electron chi connectivity index (χ4n) is 0.836. The number of cyclic esters (lactones) is 1. The van der Waals surface area contributed by atoms with Crippen LogP contribution in [0.1, 0.15) is 0 Å². The van der Waals surface area contributed by atoms with Crippen molar-refractivity contribution in [3.05, 3.63) is 0 Å². The summed E-state index contributed by atoms with van der Waals surface area (Å²) in [6.45, 7) is 0.213. The van der Waals surface area contributed by atoms with Crippen molar-refractivity contribution >= 4 is 13.3 Å². The highest BCUT2D eigenvalue weighted by molar-refractivity contribution is 7.57. The molecule has 0 aromatic carbocycles. The maximum atomic E-state index is 11.0. The van der Waals surface area contributed by atoms with Gasteiger partial charge in [-0.2, -0.15) is 0 Å². The molecule has 0 aliphatic carbocycles. The molecule has 0 amide bonds. The Balaban J connectivity index is 2.47. The molecule has 1 heterocycles. The topological polar surface area (TPSA) is 80.2 Å². The zero-order valence-corrected chi connectivity index (χ0v) is 6.92. The summed E-state index contributed by atoms with van der Waals surface area (Å²) >= 11 is 0. The Morgan fingerprint density at radius 2 is 2.36 bits per heavy atom. The average Bonchev–Trinajstić information content (AvgIpc) is 1.83. The van der Waals surface area contributed by atoms with Crippen LogP contribution >= 0.6 is 7.37 Å². The van der Waals surface area contributed by atoms with E-state index in [0.29, 0.717) is 0 Å². The summed E-state index contributed by atoms with van der Waals surface area (Å²) in [5.41, 5.74) is 0. The fourth-order valence-corrected chi connectivity index (χ4v) is 1.93. The number of esters is 1. The number of nitrogens with two attached hydrogens (primary N) is 1. The van der Waals surface area contributed by atoms with E-state index in [9.17, 15) is 9.36 Å². The number of quaternary nitrogens is 1. The van der Waals surface area contributed by atoms with E-state index in [1.807, 2.05) is 0 Å². The van der Waals surface area contributed by atoms with E-state index in [1.165, 1.54) is 5.32 Å². The van der Waals surface area contributed by atoms with Crippen LogP contribution in [0, 0.1) is 0 Å². The number of carbonyl (C=O) groups excluding carboxylic acids is 1. The lowest BCUT2D eigenvalue weighted by Crippen LogP contribution is -2.86. The van der Waals surface area contributed by atoms with Crippen LogP contribution < -0.4 is 5.32 Å². The molecule has 0 saturated carbocycles. The van der Waals surface area contributed by atoms with Gasteiger partial charge in [-0.1, -0.05) is 0 Å². The van der Waals surface area contributed by atoms with E-state index in [2.05, 4.69) is 4.74 Å². The number of hydrogen-bond donors (Lipinski definition) is 2. The van der Waals surface area contributed by atoms with E-state index in [0.717, 1.165) is 0 Å². The number of rotatable bonds is 0. The molecule has 5 nitrogen and oxygen atoms in total. The molecule has 1 atom stereocenters. The van der Waals surface area contributed by atoms with Gasteiger partial charge in [-0.15, -0.1) is 0 Å². The summed E-state index contributed by atoms with van der Waals surface area (Å²) < 4.78 is 15.7. The van der Waals surface area contributed by atoms with Gasteiger partial charge in [-0.25, -0.2) is 4.79 Å². The number of hydrogen-bond acceptors (Lipinski definition) is 3. The molecule has 0 spiro atoms. The van der Waals surface area contributed by atoms with Crippen LogP contribution in [0.4, 0.5) is 0 Å². The van der Waals surface area contributed by atoms with Gasteiger partial charge in [0.25, 0.3) is 7.37 Å². The van der Waals surface area contributed by atoms with Gasteiger partial charge >= 0.3 is 5.97 Å². The lowest BCUT2D eigenvalue weighted by Gasteiger charge is -2.13. The van der Waals surface area contributed by atoms with E-state index < -0.39 is 7.37 Å². The van der Waals surface area contributed by atoms with Crippen molar-refractivity contribution in [1.29, 1.82) is 0 Å². The molecule has 1 aliphatic rings. The van der Waals surface area contributed by atoms with Crippen LogP contribution in [0.5, 0.6) is 0 Å². The minimum Gasteiger partial charge on any atom is -0.461 e. The molecule has 11 heavy (non-hydrogen) atoms. The molecule has 1 fully saturated rings. The summed E-state index contributed by atoms with van der Waals surface area (Å²) in [6.07, 6.45) is 0.206. The van der Waals surface area contributed by atoms with Crippen LogP contribution in [0.2, 0.25) is 0 Å². The zero-order chi connectivity index (χ0) is 8.32. The molecular formula is C5H11NO4P+. The molecule has 64 valence electrons. The maximum absolute atomic E-state index is 11.0. The average molecular weight is 180 g/mol. The summed E-state index contributed by atoms with van der Waals surface area (Å²) in [7, 11) is -3.02. The van der Waals surface area contributed by atoms with Crippen molar-refractivity contribution in [2.24, 2.45) is 0 Å². The predicted octanol–water partition coefficient (Wildman–Crippen LogP) is -1.67. The second-order valence-electron chi connectivity index (χ2n) is 2.47. The van der Waals surface area contributed by atoms with Crippen molar-refractivity contribution in [3.63, 3.8) is 0 Å². The van der Waals surface area contributed by atoms with Gasteiger partial charge < -0.3 is 14.9 Å². The number of carbonyl (C=O) groups is 1. The molecular weight excluding hydrogens is 169 g/mol. The first-order valence-electron chi connectivity index (χ1n) is 3.38. The summed E-state index contributed by atoms with van der Waals surface area (Å²) in [4.78, 5) is 19.7. The van der Waals surface area contributed by atoms with Gasteiger partial charge in [-0.3, -0.25) is 4.57 Å². The lowest BCUT2D eigenvalue weighted by molar-refractivity contribution is -0.629. The smallest absolute Gasteiger partial charge is 0.361 e. The van der Waals surface area contributed by atoms with E-state index in [4.69, 9.17) is 4.89 Å². The standard InChI is InChI=1S/C5H10NO4P/c7-5-3-6-4-11(8,9)2-1-10-5/h6H,1-4H2,(H,8,9)/p+1. The highest BCUT2D eigenvalue weighted by Crippen LogP contribution is 2.36. The first-order chi connectivity index (χ1) is 5.10. The van der Waals surface area contributed by atoms with Crippen molar-refractivity contribution in [1.82, 2.24) is 0 Å². The molecule has 0 aromatic rings. The highest BCUT2D eigenvalue weighted by atomic mass is 31.2. The molecule has 0 aromatic heterocycles. The molecule has 0 radical (unpaired) electrons. The third kappa shape index (κ3) is 3.01. The van der Waals surface area contributed by atoms with Crippen LogP contribution in [0.15, 0.2) is 0 Å². The third-order valence-electron chi connectivity index (χ3n) is 1.43. The first-order valence-corrected chi connectivity index (χ1v) is 5.41. The minimum absolute atomic E-state index is 0.0699. The molecule has 1 rings (SSSR count). The van der Waals surface area contributed by atoms with Gasteiger partial charge in [0.2, 0.25) is 0 Å². The van der Waals surface area contributed by atoms with E-state index in [1.54, 1.807) is 0 Å².